The van der Waals surface area contributed by atoms with Crippen LogP contribution in [0.1, 0.15) is 0 Å². The molecule has 0 fully saturated rings. The fourth-order valence-corrected chi connectivity index (χ4v) is 8.97. The molecule has 0 spiro atoms. The summed E-state index contributed by atoms with van der Waals surface area (Å²) in [6.07, 6.45) is 0. The van der Waals surface area contributed by atoms with E-state index in [0.717, 1.165) is 17.0 Å². The summed E-state index contributed by atoms with van der Waals surface area (Å²) in [4.78, 5) is 5.47. The van der Waals surface area contributed by atoms with Gasteiger partial charge in [-0.3, -0.25) is 4.57 Å². The number of rotatable bonds is 3. The molecule has 52 heavy (non-hydrogen) atoms. The van der Waals surface area contributed by atoms with Crippen molar-refractivity contribution in [3.8, 4) is 45.0 Å². The smallest absolute Gasteiger partial charge is 0.138 e. The zero-order chi connectivity index (χ0) is 33.9. The number of para-hydroxylation sites is 3. The van der Waals surface area contributed by atoms with Crippen LogP contribution in [0.3, 0.4) is 0 Å². The van der Waals surface area contributed by atoms with Gasteiger partial charge in [0, 0.05) is 43.6 Å². The molecule has 0 N–H and O–H groups in total. The largest absolute Gasteiger partial charge is 0.309 e. The Balaban J connectivity index is 1.08. The van der Waals surface area contributed by atoms with Crippen molar-refractivity contribution < 1.29 is 0 Å². The number of hydrogen-bond acceptors (Lipinski definition) is 1. The number of aromatic nitrogens is 3. The molecule has 240 valence electrons. The van der Waals surface area contributed by atoms with Gasteiger partial charge >= 0.3 is 0 Å². The van der Waals surface area contributed by atoms with Gasteiger partial charge in [0.2, 0.25) is 0 Å². The van der Waals surface area contributed by atoms with Gasteiger partial charge in [-0.05, 0) is 81.6 Å². The standard InChI is InChI=1S/C49H29N3/c1-2-12-34(13-3-1)51-43-19-8-7-16-38(43)42-28-31(23-26-45(42)51)30-21-24-35-32(27-30)22-25-41-37-15-6-9-20-44(37)52(49(35)41)46-29-33-11-10-18-39-36-14-4-5-17-40(36)48(50-46)47(33)39/h1-29H. The Morgan fingerprint density at radius 3 is 1.88 bits per heavy atom. The second kappa shape index (κ2) is 10.3. The van der Waals surface area contributed by atoms with Gasteiger partial charge in [0.15, 0.2) is 0 Å². The van der Waals surface area contributed by atoms with E-state index in [1.807, 2.05) is 0 Å². The molecule has 1 aliphatic carbocycles. The zero-order valence-electron chi connectivity index (χ0n) is 28.1. The first-order valence-electron chi connectivity index (χ1n) is 17.9. The van der Waals surface area contributed by atoms with Crippen molar-refractivity contribution in [2.45, 2.75) is 0 Å². The van der Waals surface area contributed by atoms with E-state index in [0.29, 0.717) is 0 Å². The molecular weight excluding hydrogens is 631 g/mol. The molecule has 8 aromatic carbocycles. The fraction of sp³-hybridized carbons (Fsp3) is 0. The van der Waals surface area contributed by atoms with E-state index in [1.165, 1.54) is 93.1 Å². The molecule has 1 aliphatic rings. The molecule has 3 nitrogen and oxygen atoms in total. The Hall–Kier alpha value is -6.97. The Labute approximate surface area is 299 Å². The van der Waals surface area contributed by atoms with E-state index >= 15 is 0 Å². The molecule has 0 atom stereocenters. The minimum atomic E-state index is 0.944. The van der Waals surface area contributed by atoms with Crippen molar-refractivity contribution in [1.29, 1.82) is 0 Å². The van der Waals surface area contributed by atoms with E-state index in [4.69, 9.17) is 4.98 Å². The quantitative estimate of drug-likeness (QED) is 0.185. The highest BCUT2D eigenvalue weighted by Gasteiger charge is 2.25. The van der Waals surface area contributed by atoms with Crippen LogP contribution >= 0.6 is 0 Å². The van der Waals surface area contributed by atoms with E-state index in [2.05, 4.69) is 185 Å². The van der Waals surface area contributed by atoms with Gasteiger partial charge in [-0.15, -0.1) is 0 Å². The lowest BCUT2D eigenvalue weighted by Crippen LogP contribution is -1.99. The molecular formula is C49H29N3. The Kier molecular flexibility index (Phi) is 5.50. The third-order valence-corrected chi connectivity index (χ3v) is 11.2. The molecule has 0 saturated carbocycles. The summed E-state index contributed by atoms with van der Waals surface area (Å²) in [5.41, 5.74) is 13.2. The van der Waals surface area contributed by atoms with E-state index in [-0.39, 0.29) is 0 Å². The normalized spacial score (nSPS) is 12.2. The first-order chi connectivity index (χ1) is 25.8. The lowest BCUT2D eigenvalue weighted by Gasteiger charge is -2.13. The van der Waals surface area contributed by atoms with Crippen LogP contribution in [0.25, 0.3) is 110 Å². The first-order valence-corrected chi connectivity index (χ1v) is 17.9. The Morgan fingerprint density at radius 2 is 1.02 bits per heavy atom. The van der Waals surface area contributed by atoms with Crippen LogP contribution in [-0.2, 0) is 0 Å². The number of hydrogen-bond donors (Lipinski definition) is 0. The van der Waals surface area contributed by atoms with Crippen molar-refractivity contribution in [1.82, 2.24) is 14.1 Å². The zero-order valence-corrected chi connectivity index (χ0v) is 28.1. The maximum atomic E-state index is 5.47. The summed E-state index contributed by atoms with van der Waals surface area (Å²) in [6, 6.07) is 64.1. The molecule has 3 heteroatoms. The second-order valence-corrected chi connectivity index (χ2v) is 13.9. The van der Waals surface area contributed by atoms with E-state index in [9.17, 15) is 0 Å². The predicted molar refractivity (Wildman–Crippen MR) is 218 cm³/mol. The third-order valence-electron chi connectivity index (χ3n) is 11.2. The van der Waals surface area contributed by atoms with Gasteiger partial charge in [0.05, 0.1) is 27.8 Å². The molecule has 3 heterocycles. The van der Waals surface area contributed by atoms with Gasteiger partial charge in [-0.25, -0.2) is 4.98 Å². The molecule has 0 saturated heterocycles. The molecule has 0 unspecified atom stereocenters. The van der Waals surface area contributed by atoms with Crippen molar-refractivity contribution in [3.63, 3.8) is 0 Å². The Morgan fingerprint density at radius 1 is 0.365 bits per heavy atom. The molecule has 0 amide bonds. The molecule has 0 radical (unpaired) electrons. The van der Waals surface area contributed by atoms with Crippen molar-refractivity contribution in [2.75, 3.05) is 0 Å². The average molecular weight is 660 g/mol. The highest BCUT2D eigenvalue weighted by atomic mass is 15.1. The third kappa shape index (κ3) is 3.72. The van der Waals surface area contributed by atoms with Crippen molar-refractivity contribution in [3.05, 3.63) is 176 Å². The minimum Gasteiger partial charge on any atom is -0.309 e. The highest BCUT2D eigenvalue weighted by molar-refractivity contribution is 6.20. The summed E-state index contributed by atoms with van der Waals surface area (Å²) in [5, 5.41) is 9.86. The van der Waals surface area contributed by atoms with E-state index in [1.54, 1.807) is 0 Å². The molecule has 11 aromatic rings. The van der Waals surface area contributed by atoms with Gasteiger partial charge < -0.3 is 4.57 Å². The second-order valence-electron chi connectivity index (χ2n) is 13.9. The summed E-state index contributed by atoms with van der Waals surface area (Å²) >= 11 is 0. The van der Waals surface area contributed by atoms with Crippen molar-refractivity contribution in [2.24, 2.45) is 0 Å². The molecule has 12 rings (SSSR count). The first kappa shape index (κ1) is 27.8. The minimum absolute atomic E-state index is 0.944. The monoisotopic (exact) mass is 659 g/mol. The number of nitrogens with zero attached hydrogens (tertiary/aromatic N) is 3. The predicted octanol–water partition coefficient (Wildman–Crippen LogP) is 12.9. The van der Waals surface area contributed by atoms with Crippen LogP contribution in [0, 0.1) is 0 Å². The van der Waals surface area contributed by atoms with Gasteiger partial charge in [-0.1, -0.05) is 127 Å². The van der Waals surface area contributed by atoms with Gasteiger partial charge in [0.25, 0.3) is 0 Å². The lowest BCUT2D eigenvalue weighted by molar-refractivity contribution is 1.10. The van der Waals surface area contributed by atoms with E-state index < -0.39 is 0 Å². The topological polar surface area (TPSA) is 22.8 Å². The van der Waals surface area contributed by atoms with Crippen LogP contribution in [0.15, 0.2) is 176 Å². The fourth-order valence-electron chi connectivity index (χ4n) is 8.97. The summed E-state index contributed by atoms with van der Waals surface area (Å²) < 4.78 is 4.76. The summed E-state index contributed by atoms with van der Waals surface area (Å²) in [7, 11) is 0. The SMILES string of the molecule is c1ccc(-n2c3ccccc3c3cc(-c4ccc5c(ccc6c7ccccc7n(-c7cc8cccc9c8c(n7)-c7ccccc7-9)c56)c4)ccc32)cc1. The molecule has 0 aliphatic heterocycles. The maximum absolute atomic E-state index is 5.47. The number of benzene rings is 8. The summed E-state index contributed by atoms with van der Waals surface area (Å²) in [6.45, 7) is 0. The number of pyridine rings is 1. The Bertz CT molecular complexity index is 3290. The van der Waals surface area contributed by atoms with Crippen LogP contribution in [0.2, 0.25) is 0 Å². The maximum Gasteiger partial charge on any atom is 0.138 e. The number of fused-ring (bicyclic) bond motifs is 11. The van der Waals surface area contributed by atoms with Gasteiger partial charge in [0.1, 0.15) is 5.82 Å². The lowest BCUT2D eigenvalue weighted by atomic mass is 9.98. The van der Waals surface area contributed by atoms with Crippen molar-refractivity contribution >= 4 is 65.2 Å². The van der Waals surface area contributed by atoms with Crippen LogP contribution in [0.4, 0.5) is 0 Å². The van der Waals surface area contributed by atoms with Crippen LogP contribution < -0.4 is 0 Å². The van der Waals surface area contributed by atoms with Crippen LogP contribution in [-0.4, -0.2) is 14.1 Å². The summed E-state index contributed by atoms with van der Waals surface area (Å²) in [5.74, 6) is 0.944. The highest BCUT2D eigenvalue weighted by Crippen LogP contribution is 2.47. The molecule has 0 bridgehead atoms. The van der Waals surface area contributed by atoms with Crippen LogP contribution in [0.5, 0.6) is 0 Å². The average Bonchev–Trinajstić information content (AvgIpc) is 3.84. The molecule has 3 aromatic heterocycles. The van der Waals surface area contributed by atoms with Gasteiger partial charge in [-0.2, -0.15) is 0 Å².